The lowest BCUT2D eigenvalue weighted by molar-refractivity contribution is -0.127. The molecule has 1 saturated carbocycles. The molecular weight excluding hydrogens is 326 g/mol. The van der Waals surface area contributed by atoms with Crippen LogP contribution in [0, 0.1) is 19.8 Å². The molecule has 142 valence electrons. The van der Waals surface area contributed by atoms with Crippen LogP contribution >= 0.6 is 0 Å². The van der Waals surface area contributed by atoms with E-state index < -0.39 is 0 Å². The molecule has 4 rings (SSSR count). The topological polar surface area (TPSA) is 61.4 Å². The van der Waals surface area contributed by atoms with Gasteiger partial charge in [-0.15, -0.1) is 0 Å². The number of likely N-dealkylation sites (tertiary alicyclic amines) is 1. The fourth-order valence-corrected chi connectivity index (χ4v) is 4.38. The highest BCUT2D eigenvalue weighted by molar-refractivity contribution is 5.79. The van der Waals surface area contributed by atoms with Gasteiger partial charge in [-0.25, -0.2) is 9.97 Å². The molecular formula is C20H31N5O. The average Bonchev–Trinajstić information content (AvgIpc) is 3.45. The van der Waals surface area contributed by atoms with Crippen LogP contribution in [0.25, 0.3) is 0 Å². The Kier molecular flexibility index (Phi) is 5.11. The van der Waals surface area contributed by atoms with Gasteiger partial charge in [0.15, 0.2) is 0 Å². The zero-order chi connectivity index (χ0) is 18.1. The van der Waals surface area contributed by atoms with Gasteiger partial charge in [0.05, 0.1) is 5.92 Å². The van der Waals surface area contributed by atoms with Gasteiger partial charge in [0.25, 0.3) is 0 Å². The molecule has 1 aromatic heterocycles. The van der Waals surface area contributed by atoms with Gasteiger partial charge in [-0.05, 0) is 65.0 Å². The summed E-state index contributed by atoms with van der Waals surface area (Å²) in [5, 5.41) is 3.20. The summed E-state index contributed by atoms with van der Waals surface area (Å²) in [6.45, 7) is 8.14. The minimum Gasteiger partial charge on any atom is -0.353 e. The first-order valence-electron chi connectivity index (χ1n) is 10.2. The monoisotopic (exact) mass is 357 g/mol. The van der Waals surface area contributed by atoms with Crippen LogP contribution in [0.5, 0.6) is 0 Å². The fraction of sp³-hybridized carbons (Fsp3) is 0.750. The van der Waals surface area contributed by atoms with Crippen molar-refractivity contribution < 1.29 is 4.79 Å². The zero-order valence-electron chi connectivity index (χ0n) is 16.1. The Hall–Kier alpha value is -1.69. The summed E-state index contributed by atoms with van der Waals surface area (Å²) < 4.78 is 0. The summed E-state index contributed by atoms with van der Waals surface area (Å²) in [6, 6.07) is 3.09. The predicted molar refractivity (Wildman–Crippen MR) is 102 cm³/mol. The van der Waals surface area contributed by atoms with E-state index in [-0.39, 0.29) is 5.92 Å². The van der Waals surface area contributed by atoms with E-state index in [0.717, 1.165) is 69.2 Å². The largest absolute Gasteiger partial charge is 0.353 e. The molecule has 26 heavy (non-hydrogen) atoms. The molecule has 1 atom stereocenters. The number of piperidine rings is 2. The SMILES string of the molecule is Cc1cc(C)nc(N2CCC(N3CCC[C@H](C(=O)NC4CC4)C3)CC2)n1. The molecule has 6 heteroatoms. The van der Waals surface area contributed by atoms with E-state index in [1.165, 1.54) is 12.8 Å². The highest BCUT2D eigenvalue weighted by Gasteiger charge is 2.34. The smallest absolute Gasteiger partial charge is 0.225 e. The van der Waals surface area contributed by atoms with E-state index in [1.54, 1.807) is 0 Å². The molecule has 0 spiro atoms. The van der Waals surface area contributed by atoms with Crippen LogP contribution in [0.3, 0.4) is 0 Å². The number of nitrogens with zero attached hydrogens (tertiary/aromatic N) is 4. The van der Waals surface area contributed by atoms with Crippen molar-refractivity contribution in [2.75, 3.05) is 31.1 Å². The standard InChI is InChI=1S/C20H31N5O/c1-14-12-15(2)22-20(21-14)24-10-7-18(8-11-24)25-9-3-4-16(13-25)19(26)23-17-5-6-17/h12,16-18H,3-11,13H2,1-2H3,(H,23,26)/t16-/m0/s1. The molecule has 2 aliphatic heterocycles. The number of nitrogens with one attached hydrogen (secondary N) is 1. The van der Waals surface area contributed by atoms with E-state index in [1.807, 2.05) is 19.9 Å². The Morgan fingerprint density at radius 3 is 2.38 bits per heavy atom. The van der Waals surface area contributed by atoms with Crippen LogP contribution in [0.4, 0.5) is 5.95 Å². The number of hydrogen-bond acceptors (Lipinski definition) is 5. The van der Waals surface area contributed by atoms with Crippen molar-refractivity contribution in [3.05, 3.63) is 17.5 Å². The summed E-state index contributed by atoms with van der Waals surface area (Å²) >= 11 is 0. The van der Waals surface area contributed by atoms with Crippen LogP contribution in [-0.4, -0.2) is 59.0 Å². The summed E-state index contributed by atoms with van der Waals surface area (Å²) in [5.41, 5.74) is 2.07. The summed E-state index contributed by atoms with van der Waals surface area (Å²) in [5.74, 6) is 1.35. The first kappa shape index (κ1) is 17.7. The minimum atomic E-state index is 0.185. The molecule has 1 amide bonds. The summed E-state index contributed by atoms with van der Waals surface area (Å²) in [7, 11) is 0. The first-order chi connectivity index (χ1) is 12.6. The molecule has 3 aliphatic rings. The number of aryl methyl sites for hydroxylation is 2. The van der Waals surface area contributed by atoms with Gasteiger partial charge in [-0.1, -0.05) is 0 Å². The van der Waals surface area contributed by atoms with Gasteiger partial charge in [-0.3, -0.25) is 9.69 Å². The second-order valence-corrected chi connectivity index (χ2v) is 8.29. The van der Waals surface area contributed by atoms with E-state index >= 15 is 0 Å². The van der Waals surface area contributed by atoms with Crippen LogP contribution in [0.15, 0.2) is 6.07 Å². The molecule has 0 radical (unpaired) electrons. The lowest BCUT2D eigenvalue weighted by Gasteiger charge is -2.42. The average molecular weight is 358 g/mol. The molecule has 1 N–H and O–H groups in total. The third kappa shape index (κ3) is 4.17. The molecule has 3 fully saturated rings. The van der Waals surface area contributed by atoms with Crippen molar-refractivity contribution >= 4 is 11.9 Å². The van der Waals surface area contributed by atoms with Crippen molar-refractivity contribution in [1.29, 1.82) is 0 Å². The van der Waals surface area contributed by atoms with E-state index in [2.05, 4.69) is 25.1 Å². The maximum absolute atomic E-state index is 12.4. The van der Waals surface area contributed by atoms with Crippen molar-refractivity contribution in [2.45, 2.75) is 64.5 Å². The molecule has 0 bridgehead atoms. The van der Waals surface area contributed by atoms with Crippen LogP contribution in [-0.2, 0) is 4.79 Å². The molecule has 6 nitrogen and oxygen atoms in total. The third-order valence-electron chi connectivity index (χ3n) is 5.98. The van der Waals surface area contributed by atoms with Gasteiger partial charge in [0.1, 0.15) is 0 Å². The number of anilines is 1. The van der Waals surface area contributed by atoms with Crippen LogP contribution in [0.1, 0.15) is 49.9 Å². The lowest BCUT2D eigenvalue weighted by atomic mass is 9.93. The Labute approximate surface area is 156 Å². The number of amides is 1. The van der Waals surface area contributed by atoms with Crippen molar-refractivity contribution in [3.8, 4) is 0 Å². The molecule has 1 aromatic rings. The Balaban J connectivity index is 1.31. The summed E-state index contributed by atoms with van der Waals surface area (Å²) in [6.07, 6.45) is 6.79. The maximum atomic E-state index is 12.4. The van der Waals surface area contributed by atoms with E-state index in [4.69, 9.17) is 0 Å². The van der Waals surface area contributed by atoms with Gasteiger partial charge in [-0.2, -0.15) is 0 Å². The molecule has 0 aromatic carbocycles. The van der Waals surface area contributed by atoms with Gasteiger partial charge in [0.2, 0.25) is 11.9 Å². The lowest BCUT2D eigenvalue weighted by Crippen LogP contribution is -2.51. The third-order valence-corrected chi connectivity index (χ3v) is 5.98. The highest BCUT2D eigenvalue weighted by Crippen LogP contribution is 2.26. The Morgan fingerprint density at radius 2 is 1.73 bits per heavy atom. The number of carbonyl (C=O) groups is 1. The second-order valence-electron chi connectivity index (χ2n) is 8.29. The minimum absolute atomic E-state index is 0.185. The first-order valence-corrected chi connectivity index (χ1v) is 10.2. The Morgan fingerprint density at radius 1 is 1.04 bits per heavy atom. The number of aromatic nitrogens is 2. The van der Waals surface area contributed by atoms with Gasteiger partial charge in [0, 0.05) is 43.1 Å². The molecule has 3 heterocycles. The van der Waals surface area contributed by atoms with Crippen LogP contribution < -0.4 is 10.2 Å². The van der Waals surface area contributed by atoms with Gasteiger partial charge < -0.3 is 10.2 Å². The van der Waals surface area contributed by atoms with Crippen molar-refractivity contribution in [2.24, 2.45) is 5.92 Å². The number of carbonyl (C=O) groups excluding carboxylic acids is 1. The van der Waals surface area contributed by atoms with Crippen LogP contribution in [0.2, 0.25) is 0 Å². The Bertz CT molecular complexity index is 631. The molecule has 0 unspecified atom stereocenters. The highest BCUT2D eigenvalue weighted by atomic mass is 16.2. The van der Waals surface area contributed by atoms with Crippen molar-refractivity contribution in [3.63, 3.8) is 0 Å². The number of hydrogen-bond donors (Lipinski definition) is 1. The van der Waals surface area contributed by atoms with Crippen molar-refractivity contribution in [1.82, 2.24) is 20.2 Å². The molecule has 2 saturated heterocycles. The molecule has 1 aliphatic carbocycles. The van der Waals surface area contributed by atoms with Gasteiger partial charge >= 0.3 is 0 Å². The number of rotatable bonds is 4. The predicted octanol–water partition coefficient (Wildman–Crippen LogP) is 2.05. The second kappa shape index (κ2) is 7.51. The zero-order valence-corrected chi connectivity index (χ0v) is 16.1. The quantitative estimate of drug-likeness (QED) is 0.894. The van der Waals surface area contributed by atoms with E-state index in [0.29, 0.717) is 18.0 Å². The summed E-state index contributed by atoms with van der Waals surface area (Å²) in [4.78, 5) is 26.5. The normalized spacial score (nSPS) is 25.3. The maximum Gasteiger partial charge on any atom is 0.225 e. The fourth-order valence-electron chi connectivity index (χ4n) is 4.38. The van der Waals surface area contributed by atoms with E-state index in [9.17, 15) is 4.79 Å².